The highest BCUT2D eigenvalue weighted by atomic mass is 16.3. The van der Waals surface area contributed by atoms with Crippen LogP contribution >= 0.6 is 0 Å². The molecule has 0 bridgehead atoms. The smallest absolute Gasteiger partial charge is 0.237 e. The van der Waals surface area contributed by atoms with Gasteiger partial charge in [0.2, 0.25) is 5.91 Å². The summed E-state index contributed by atoms with van der Waals surface area (Å²) >= 11 is 0. The van der Waals surface area contributed by atoms with Gasteiger partial charge in [-0.05, 0) is 26.2 Å². The molecule has 4 nitrogen and oxygen atoms in total. The first kappa shape index (κ1) is 13.1. The Morgan fingerprint density at radius 1 is 1.71 bits per heavy atom. The van der Waals surface area contributed by atoms with Crippen molar-refractivity contribution in [2.24, 2.45) is 5.73 Å². The number of carbonyl (C=O) groups is 1. The summed E-state index contributed by atoms with van der Waals surface area (Å²) in [6.45, 7) is 5.80. The summed E-state index contributed by atoms with van der Waals surface area (Å²) < 4.78 is 0. The number of nitrogens with one attached hydrogen (secondary N) is 1. The second-order valence-electron chi connectivity index (χ2n) is 3.41. The molecular formula is C10H20N2O2. The number of hydrogen-bond donors (Lipinski definition) is 3. The number of hydrogen-bond acceptors (Lipinski definition) is 3. The average molecular weight is 200 g/mol. The van der Waals surface area contributed by atoms with E-state index in [2.05, 4.69) is 11.9 Å². The highest BCUT2D eigenvalue weighted by Gasteiger charge is 2.10. The Bertz CT molecular complexity index is 181. The van der Waals surface area contributed by atoms with E-state index in [1.54, 1.807) is 13.0 Å². The first-order valence-electron chi connectivity index (χ1n) is 4.90. The molecule has 1 amide bonds. The molecule has 0 saturated carbocycles. The Kier molecular flexibility index (Phi) is 7.06. The molecule has 0 aliphatic rings. The van der Waals surface area contributed by atoms with E-state index in [1.165, 1.54) is 0 Å². The van der Waals surface area contributed by atoms with Crippen LogP contribution in [0.15, 0.2) is 12.7 Å². The van der Waals surface area contributed by atoms with Crippen LogP contribution in [0.5, 0.6) is 0 Å². The molecule has 0 spiro atoms. The van der Waals surface area contributed by atoms with Gasteiger partial charge in [-0.1, -0.05) is 6.08 Å². The summed E-state index contributed by atoms with van der Waals surface area (Å²) in [7, 11) is 0. The van der Waals surface area contributed by atoms with Crippen LogP contribution in [0, 0.1) is 0 Å². The molecule has 0 aliphatic carbocycles. The van der Waals surface area contributed by atoms with Crippen molar-refractivity contribution in [3.8, 4) is 0 Å². The van der Waals surface area contributed by atoms with Crippen LogP contribution in [-0.4, -0.2) is 29.7 Å². The molecule has 0 aromatic rings. The van der Waals surface area contributed by atoms with Gasteiger partial charge in [0.25, 0.3) is 0 Å². The minimum absolute atomic E-state index is 0.157. The second-order valence-corrected chi connectivity index (χ2v) is 3.41. The van der Waals surface area contributed by atoms with Crippen LogP contribution in [0.25, 0.3) is 0 Å². The SMILES string of the molecule is C=CCC(N)C(=O)NCCCC(C)O. The summed E-state index contributed by atoms with van der Waals surface area (Å²) in [4.78, 5) is 11.2. The molecule has 0 rings (SSSR count). The van der Waals surface area contributed by atoms with Gasteiger partial charge in [-0.25, -0.2) is 0 Å². The zero-order chi connectivity index (χ0) is 11.0. The Balaban J connectivity index is 3.48. The maximum Gasteiger partial charge on any atom is 0.237 e. The van der Waals surface area contributed by atoms with Gasteiger partial charge in [0.15, 0.2) is 0 Å². The highest BCUT2D eigenvalue weighted by molar-refractivity contribution is 5.81. The van der Waals surface area contributed by atoms with E-state index in [4.69, 9.17) is 10.8 Å². The highest BCUT2D eigenvalue weighted by Crippen LogP contribution is 1.94. The number of amides is 1. The van der Waals surface area contributed by atoms with Crippen molar-refractivity contribution >= 4 is 5.91 Å². The third kappa shape index (κ3) is 6.62. The number of aliphatic hydroxyl groups excluding tert-OH is 1. The number of aliphatic hydroxyl groups is 1. The van der Waals surface area contributed by atoms with Gasteiger partial charge in [0, 0.05) is 6.54 Å². The number of rotatable bonds is 7. The van der Waals surface area contributed by atoms with Crippen molar-refractivity contribution in [2.45, 2.75) is 38.3 Å². The Morgan fingerprint density at radius 3 is 2.86 bits per heavy atom. The molecule has 0 saturated heterocycles. The van der Waals surface area contributed by atoms with E-state index in [9.17, 15) is 4.79 Å². The van der Waals surface area contributed by atoms with Gasteiger partial charge < -0.3 is 16.2 Å². The molecule has 2 atom stereocenters. The summed E-state index contributed by atoms with van der Waals surface area (Å²) in [6, 6.07) is -0.501. The first-order chi connectivity index (χ1) is 6.57. The first-order valence-corrected chi connectivity index (χ1v) is 4.90. The van der Waals surface area contributed by atoms with E-state index >= 15 is 0 Å². The monoisotopic (exact) mass is 200 g/mol. The molecule has 2 unspecified atom stereocenters. The predicted molar refractivity (Wildman–Crippen MR) is 56.7 cm³/mol. The third-order valence-corrected chi connectivity index (χ3v) is 1.86. The summed E-state index contributed by atoms with van der Waals surface area (Å²) in [5.74, 6) is -0.157. The molecule has 0 heterocycles. The van der Waals surface area contributed by atoms with Gasteiger partial charge in [-0.2, -0.15) is 0 Å². The van der Waals surface area contributed by atoms with E-state index < -0.39 is 6.04 Å². The maximum atomic E-state index is 11.2. The Labute approximate surface area is 85.2 Å². The standard InChI is InChI=1S/C10H20N2O2/c1-3-5-9(11)10(14)12-7-4-6-8(2)13/h3,8-9,13H,1,4-7,11H2,2H3,(H,12,14). The van der Waals surface area contributed by atoms with E-state index in [-0.39, 0.29) is 12.0 Å². The fourth-order valence-corrected chi connectivity index (χ4v) is 1.03. The van der Waals surface area contributed by atoms with Crippen LogP contribution in [0.2, 0.25) is 0 Å². The summed E-state index contributed by atoms with van der Waals surface area (Å²) in [5, 5.41) is 11.7. The van der Waals surface area contributed by atoms with Crippen LogP contribution < -0.4 is 11.1 Å². The minimum atomic E-state index is -0.501. The minimum Gasteiger partial charge on any atom is -0.393 e. The van der Waals surface area contributed by atoms with Crippen molar-refractivity contribution in [3.63, 3.8) is 0 Å². The quantitative estimate of drug-likeness (QED) is 0.405. The van der Waals surface area contributed by atoms with Gasteiger partial charge in [-0.15, -0.1) is 6.58 Å². The van der Waals surface area contributed by atoms with Crippen LogP contribution in [0.4, 0.5) is 0 Å². The normalized spacial score (nSPS) is 14.5. The fraction of sp³-hybridized carbons (Fsp3) is 0.700. The molecule has 0 fully saturated rings. The molecule has 0 aliphatic heterocycles. The molecule has 82 valence electrons. The van der Waals surface area contributed by atoms with Gasteiger partial charge >= 0.3 is 0 Å². The number of nitrogens with two attached hydrogens (primary N) is 1. The molecule has 0 radical (unpaired) electrons. The number of carbonyl (C=O) groups excluding carboxylic acids is 1. The van der Waals surface area contributed by atoms with E-state index in [0.29, 0.717) is 19.4 Å². The lowest BCUT2D eigenvalue weighted by molar-refractivity contribution is -0.122. The molecule has 0 aromatic heterocycles. The summed E-state index contributed by atoms with van der Waals surface area (Å²) in [6.07, 6.45) is 3.26. The zero-order valence-electron chi connectivity index (χ0n) is 8.70. The lowest BCUT2D eigenvalue weighted by Crippen LogP contribution is -2.40. The average Bonchev–Trinajstić information content (AvgIpc) is 2.12. The van der Waals surface area contributed by atoms with E-state index in [0.717, 1.165) is 6.42 Å². The van der Waals surface area contributed by atoms with Crippen molar-refractivity contribution in [1.29, 1.82) is 0 Å². The van der Waals surface area contributed by atoms with Gasteiger partial charge in [-0.3, -0.25) is 4.79 Å². The fourth-order valence-electron chi connectivity index (χ4n) is 1.03. The van der Waals surface area contributed by atoms with Crippen molar-refractivity contribution in [2.75, 3.05) is 6.54 Å². The van der Waals surface area contributed by atoms with Crippen LogP contribution in [-0.2, 0) is 4.79 Å². The molecule has 14 heavy (non-hydrogen) atoms. The lowest BCUT2D eigenvalue weighted by atomic mass is 10.2. The molecule has 4 N–H and O–H groups in total. The largest absolute Gasteiger partial charge is 0.393 e. The molecular weight excluding hydrogens is 180 g/mol. The second kappa shape index (κ2) is 7.53. The lowest BCUT2D eigenvalue weighted by Gasteiger charge is -2.10. The van der Waals surface area contributed by atoms with Gasteiger partial charge in [0.05, 0.1) is 12.1 Å². The van der Waals surface area contributed by atoms with Crippen LogP contribution in [0.3, 0.4) is 0 Å². The summed E-state index contributed by atoms with van der Waals surface area (Å²) in [5.41, 5.74) is 5.54. The maximum absolute atomic E-state index is 11.2. The molecule has 0 aromatic carbocycles. The predicted octanol–water partition coefficient (Wildman–Crippen LogP) is 0.167. The topological polar surface area (TPSA) is 75.4 Å². The van der Waals surface area contributed by atoms with Crippen molar-refractivity contribution < 1.29 is 9.90 Å². The van der Waals surface area contributed by atoms with Crippen molar-refractivity contribution in [3.05, 3.63) is 12.7 Å². The zero-order valence-corrected chi connectivity index (χ0v) is 8.70. The molecule has 4 heteroatoms. The van der Waals surface area contributed by atoms with Crippen LogP contribution in [0.1, 0.15) is 26.2 Å². The van der Waals surface area contributed by atoms with E-state index in [1.807, 2.05) is 0 Å². The Morgan fingerprint density at radius 2 is 2.36 bits per heavy atom. The van der Waals surface area contributed by atoms with Gasteiger partial charge in [0.1, 0.15) is 0 Å². The third-order valence-electron chi connectivity index (χ3n) is 1.86. The Hall–Kier alpha value is -0.870. The van der Waals surface area contributed by atoms with Crippen molar-refractivity contribution in [1.82, 2.24) is 5.32 Å².